The van der Waals surface area contributed by atoms with E-state index in [4.69, 9.17) is 14.2 Å². The second kappa shape index (κ2) is 7.66. The fourth-order valence-corrected chi connectivity index (χ4v) is 3.34. The van der Waals surface area contributed by atoms with E-state index in [0.29, 0.717) is 31.0 Å². The zero-order valence-electron chi connectivity index (χ0n) is 16.5. The minimum atomic E-state index is -0.512. The first-order valence-electron chi connectivity index (χ1n) is 9.40. The van der Waals surface area contributed by atoms with E-state index in [-0.39, 0.29) is 18.1 Å². The summed E-state index contributed by atoms with van der Waals surface area (Å²) < 4.78 is 17.0. The summed E-state index contributed by atoms with van der Waals surface area (Å²) in [4.78, 5) is 27.6. The van der Waals surface area contributed by atoms with Crippen LogP contribution in [-0.2, 0) is 9.53 Å². The molecule has 7 nitrogen and oxygen atoms in total. The molecule has 1 aromatic rings. The van der Waals surface area contributed by atoms with Crippen molar-refractivity contribution in [3.05, 3.63) is 18.2 Å². The highest BCUT2D eigenvalue weighted by Crippen LogP contribution is 2.35. The molecule has 27 heavy (non-hydrogen) atoms. The number of hydrogen-bond acceptors (Lipinski definition) is 5. The van der Waals surface area contributed by atoms with E-state index in [1.807, 2.05) is 39.0 Å². The Hall–Kier alpha value is -2.44. The van der Waals surface area contributed by atoms with Crippen molar-refractivity contribution in [3.8, 4) is 11.5 Å². The predicted octanol–water partition coefficient (Wildman–Crippen LogP) is 3.21. The van der Waals surface area contributed by atoms with E-state index in [0.717, 1.165) is 25.1 Å². The number of carbonyl (C=O) groups is 2. The lowest BCUT2D eigenvalue weighted by Gasteiger charge is -2.24. The van der Waals surface area contributed by atoms with Gasteiger partial charge >= 0.3 is 6.09 Å². The van der Waals surface area contributed by atoms with Gasteiger partial charge in [-0.05, 0) is 39.3 Å². The zero-order chi connectivity index (χ0) is 19.6. The van der Waals surface area contributed by atoms with Crippen LogP contribution in [0, 0.1) is 0 Å². The van der Waals surface area contributed by atoms with Crippen molar-refractivity contribution in [1.82, 2.24) is 4.90 Å². The average molecular weight is 376 g/mol. The number of carbonyl (C=O) groups excluding carboxylic acids is 2. The summed E-state index contributed by atoms with van der Waals surface area (Å²) in [6.07, 6.45) is 1.76. The lowest BCUT2D eigenvalue weighted by atomic mass is 10.2. The van der Waals surface area contributed by atoms with Gasteiger partial charge in [-0.3, -0.25) is 4.79 Å². The van der Waals surface area contributed by atoms with Crippen LogP contribution < -0.4 is 14.4 Å². The van der Waals surface area contributed by atoms with Gasteiger partial charge in [-0.25, -0.2) is 4.79 Å². The van der Waals surface area contributed by atoms with Gasteiger partial charge in [-0.1, -0.05) is 0 Å². The van der Waals surface area contributed by atoms with Crippen molar-refractivity contribution in [3.63, 3.8) is 0 Å². The third kappa shape index (κ3) is 4.64. The van der Waals surface area contributed by atoms with Gasteiger partial charge < -0.3 is 24.0 Å². The highest BCUT2D eigenvalue weighted by Gasteiger charge is 2.31. The maximum Gasteiger partial charge on any atom is 0.410 e. The zero-order valence-corrected chi connectivity index (χ0v) is 16.5. The molecule has 0 radical (unpaired) electrons. The Morgan fingerprint density at radius 2 is 1.96 bits per heavy atom. The van der Waals surface area contributed by atoms with E-state index in [9.17, 15) is 9.59 Å². The van der Waals surface area contributed by atoms with Crippen LogP contribution in [-0.4, -0.2) is 55.3 Å². The lowest BCUT2D eigenvalue weighted by Crippen LogP contribution is -2.36. The van der Waals surface area contributed by atoms with Crippen LogP contribution in [0.15, 0.2) is 18.2 Å². The molecule has 0 saturated carbocycles. The Kier molecular flexibility index (Phi) is 5.48. The van der Waals surface area contributed by atoms with E-state index in [1.54, 1.807) is 16.9 Å². The summed E-state index contributed by atoms with van der Waals surface area (Å²) in [5.74, 6) is 1.33. The van der Waals surface area contributed by atoms with Gasteiger partial charge in [0.05, 0.1) is 13.7 Å². The number of hydrogen-bond donors (Lipinski definition) is 0. The van der Waals surface area contributed by atoms with Crippen LogP contribution in [0.5, 0.6) is 11.5 Å². The van der Waals surface area contributed by atoms with Gasteiger partial charge in [0, 0.05) is 37.7 Å². The normalized spacial score (nSPS) is 20.1. The van der Waals surface area contributed by atoms with Crippen LogP contribution in [0.2, 0.25) is 0 Å². The quantitative estimate of drug-likeness (QED) is 0.807. The summed E-state index contributed by atoms with van der Waals surface area (Å²) in [6, 6.07) is 5.54. The van der Waals surface area contributed by atoms with Crippen LogP contribution >= 0.6 is 0 Å². The van der Waals surface area contributed by atoms with E-state index < -0.39 is 5.60 Å². The van der Waals surface area contributed by atoms with Crippen molar-refractivity contribution in [1.29, 1.82) is 0 Å². The van der Waals surface area contributed by atoms with E-state index in [1.165, 1.54) is 0 Å². The van der Waals surface area contributed by atoms with Crippen LogP contribution in [0.3, 0.4) is 0 Å². The number of benzene rings is 1. The SMILES string of the molecule is COc1cc(N2CCCC2=O)ccc1OC1CCN(C(=O)OC(C)(C)C)C1. The molecule has 2 fully saturated rings. The third-order valence-electron chi connectivity index (χ3n) is 4.62. The molecule has 0 bridgehead atoms. The number of likely N-dealkylation sites (tertiary alicyclic amines) is 1. The van der Waals surface area contributed by atoms with Gasteiger partial charge in [0.2, 0.25) is 5.91 Å². The van der Waals surface area contributed by atoms with Crippen molar-refractivity contribution >= 4 is 17.7 Å². The van der Waals surface area contributed by atoms with E-state index >= 15 is 0 Å². The Balaban J connectivity index is 1.64. The highest BCUT2D eigenvalue weighted by molar-refractivity contribution is 5.95. The topological polar surface area (TPSA) is 68.3 Å². The molecule has 2 aliphatic rings. The first-order valence-corrected chi connectivity index (χ1v) is 9.40. The summed E-state index contributed by atoms with van der Waals surface area (Å²) in [5.41, 5.74) is 0.311. The molecule has 0 aromatic heterocycles. The van der Waals surface area contributed by atoms with Gasteiger partial charge in [-0.2, -0.15) is 0 Å². The Labute approximate surface area is 160 Å². The molecule has 148 valence electrons. The number of methoxy groups -OCH3 is 1. The minimum Gasteiger partial charge on any atom is -0.493 e. The van der Waals surface area contributed by atoms with Gasteiger partial charge in [0.1, 0.15) is 11.7 Å². The summed E-state index contributed by atoms with van der Waals surface area (Å²) in [6.45, 7) is 7.37. The molecule has 1 atom stereocenters. The predicted molar refractivity (Wildman–Crippen MR) is 101 cm³/mol. The number of amides is 2. The fourth-order valence-electron chi connectivity index (χ4n) is 3.34. The lowest BCUT2D eigenvalue weighted by molar-refractivity contribution is -0.117. The Morgan fingerprint density at radius 1 is 1.19 bits per heavy atom. The molecular weight excluding hydrogens is 348 g/mol. The molecule has 1 unspecified atom stereocenters. The Morgan fingerprint density at radius 3 is 2.59 bits per heavy atom. The fraction of sp³-hybridized carbons (Fsp3) is 0.600. The molecule has 2 saturated heterocycles. The van der Waals surface area contributed by atoms with E-state index in [2.05, 4.69) is 0 Å². The standard InChI is InChI=1S/C20H28N2O5/c1-20(2,3)27-19(24)21-11-9-15(13-21)26-16-8-7-14(12-17(16)25-4)22-10-5-6-18(22)23/h7-8,12,15H,5-6,9-11,13H2,1-4H3. The van der Waals surface area contributed by atoms with Crippen LogP contribution in [0.1, 0.15) is 40.0 Å². The number of rotatable bonds is 4. The van der Waals surface area contributed by atoms with Crippen LogP contribution in [0.4, 0.5) is 10.5 Å². The molecule has 2 aliphatic heterocycles. The minimum absolute atomic E-state index is 0.120. The van der Waals surface area contributed by atoms with Crippen LogP contribution in [0.25, 0.3) is 0 Å². The second-order valence-corrected chi connectivity index (χ2v) is 7.94. The molecule has 2 heterocycles. The third-order valence-corrected chi connectivity index (χ3v) is 4.62. The molecule has 0 aliphatic carbocycles. The number of ether oxygens (including phenoxy) is 3. The molecule has 1 aromatic carbocycles. The molecular formula is C20H28N2O5. The Bertz CT molecular complexity index is 713. The molecule has 0 N–H and O–H groups in total. The maximum atomic E-state index is 12.2. The highest BCUT2D eigenvalue weighted by atomic mass is 16.6. The van der Waals surface area contributed by atoms with Gasteiger partial charge in [0.15, 0.2) is 11.5 Å². The van der Waals surface area contributed by atoms with Crippen molar-refractivity contribution in [2.24, 2.45) is 0 Å². The molecule has 3 rings (SSSR count). The number of nitrogens with zero attached hydrogens (tertiary/aromatic N) is 2. The molecule has 2 amide bonds. The van der Waals surface area contributed by atoms with Crippen molar-refractivity contribution in [2.75, 3.05) is 31.6 Å². The monoisotopic (exact) mass is 376 g/mol. The van der Waals surface area contributed by atoms with Gasteiger partial charge in [0.25, 0.3) is 0 Å². The smallest absolute Gasteiger partial charge is 0.410 e. The molecule has 7 heteroatoms. The first-order chi connectivity index (χ1) is 12.8. The average Bonchev–Trinajstić information content (AvgIpc) is 3.23. The molecule has 0 spiro atoms. The van der Waals surface area contributed by atoms with Crippen molar-refractivity contribution in [2.45, 2.75) is 51.7 Å². The van der Waals surface area contributed by atoms with Crippen molar-refractivity contribution < 1.29 is 23.8 Å². The number of anilines is 1. The summed E-state index contributed by atoms with van der Waals surface area (Å²) in [5, 5.41) is 0. The van der Waals surface area contributed by atoms with Gasteiger partial charge in [-0.15, -0.1) is 0 Å². The first kappa shape index (κ1) is 19.3. The second-order valence-electron chi connectivity index (χ2n) is 7.94. The summed E-state index contributed by atoms with van der Waals surface area (Å²) in [7, 11) is 1.58. The largest absolute Gasteiger partial charge is 0.493 e. The maximum absolute atomic E-state index is 12.2. The summed E-state index contributed by atoms with van der Waals surface area (Å²) >= 11 is 0.